The monoisotopic (exact) mass is 371 g/mol. The second kappa shape index (κ2) is 15.8. The van der Waals surface area contributed by atoms with E-state index >= 15 is 0 Å². The minimum atomic E-state index is -0.772. The van der Waals surface area contributed by atoms with Gasteiger partial charge >= 0.3 is 5.97 Å². The van der Waals surface area contributed by atoms with E-state index in [1.807, 2.05) is 18.9 Å². The fourth-order valence-corrected chi connectivity index (χ4v) is 2.33. The number of unbranched alkanes of at least 4 members (excludes halogenated alkanes) is 2. The molecule has 0 aromatic carbocycles. The Morgan fingerprint density at radius 3 is 2.62 bits per heavy atom. The Kier molecular flexibility index (Phi) is 14.9. The molecule has 4 N–H and O–H groups in total. The summed E-state index contributed by atoms with van der Waals surface area (Å²) in [6.45, 7) is 5.91. The Morgan fingerprint density at radius 1 is 1.27 bits per heavy atom. The summed E-state index contributed by atoms with van der Waals surface area (Å²) in [6, 6.07) is 0. The van der Waals surface area contributed by atoms with Gasteiger partial charge in [0, 0.05) is 19.5 Å². The zero-order valence-corrected chi connectivity index (χ0v) is 16.6. The lowest BCUT2D eigenvalue weighted by Gasteiger charge is -2.24. The molecule has 0 heterocycles. The van der Waals surface area contributed by atoms with E-state index in [0.29, 0.717) is 25.9 Å². The number of rotatable bonds is 15. The van der Waals surface area contributed by atoms with Crippen LogP contribution in [0.5, 0.6) is 0 Å². The van der Waals surface area contributed by atoms with Crippen LogP contribution in [0.2, 0.25) is 0 Å². The van der Waals surface area contributed by atoms with Crippen LogP contribution in [0.15, 0.2) is 12.2 Å². The molecule has 0 radical (unpaired) electrons. The Bertz CT molecular complexity index is 416. The van der Waals surface area contributed by atoms with E-state index in [9.17, 15) is 14.7 Å². The normalized spacial score (nSPS) is 13.8. The Morgan fingerprint density at radius 2 is 2.00 bits per heavy atom. The number of carbonyl (C=O) groups is 2. The maximum Gasteiger partial charge on any atom is 0.320 e. The van der Waals surface area contributed by atoms with E-state index in [1.165, 1.54) is 0 Å². The summed E-state index contributed by atoms with van der Waals surface area (Å²) in [5.74, 6) is -0.422. The number of likely N-dealkylation sites (N-methyl/N-ethyl adjacent to an activating group) is 1. The average molecular weight is 372 g/mol. The summed E-state index contributed by atoms with van der Waals surface area (Å²) in [5.41, 5.74) is 5.32. The van der Waals surface area contributed by atoms with Gasteiger partial charge in [-0.15, -0.1) is 0 Å². The Labute approximate surface area is 157 Å². The highest BCUT2D eigenvalue weighted by Crippen LogP contribution is 2.14. The molecule has 0 aromatic heterocycles. The van der Waals surface area contributed by atoms with Crippen molar-refractivity contribution in [3.8, 4) is 0 Å². The first-order valence-electron chi connectivity index (χ1n) is 9.62. The van der Waals surface area contributed by atoms with E-state index in [2.05, 4.69) is 12.2 Å². The zero-order chi connectivity index (χ0) is 19.8. The summed E-state index contributed by atoms with van der Waals surface area (Å²) in [6.07, 6.45) is 6.41. The highest BCUT2D eigenvalue weighted by molar-refractivity contribution is 5.77. The molecule has 7 heteroatoms. The quantitative estimate of drug-likeness (QED) is 0.227. The van der Waals surface area contributed by atoms with Crippen LogP contribution in [0.25, 0.3) is 0 Å². The smallest absolute Gasteiger partial charge is 0.320 e. The van der Waals surface area contributed by atoms with Gasteiger partial charge in [-0.25, -0.2) is 0 Å². The number of nitrogens with two attached hydrogens (primary N) is 1. The molecule has 0 aliphatic heterocycles. The maximum atomic E-state index is 12.0. The lowest BCUT2D eigenvalue weighted by molar-refractivity contribution is -0.156. The molecule has 0 bridgehead atoms. The van der Waals surface area contributed by atoms with Crippen molar-refractivity contribution in [2.45, 2.75) is 64.6 Å². The number of carbonyl (C=O) groups excluding carboxylic acids is 2. The van der Waals surface area contributed by atoms with Gasteiger partial charge in [0.2, 0.25) is 5.91 Å². The number of nitrogens with zero attached hydrogens (tertiary/aromatic N) is 1. The van der Waals surface area contributed by atoms with Crippen LogP contribution in [0.3, 0.4) is 0 Å². The molecule has 0 aromatic rings. The first kappa shape index (κ1) is 24.6. The van der Waals surface area contributed by atoms with Crippen LogP contribution >= 0.6 is 0 Å². The average Bonchev–Trinajstić information content (AvgIpc) is 2.62. The van der Waals surface area contributed by atoms with Gasteiger partial charge in [-0.3, -0.25) is 14.5 Å². The largest absolute Gasteiger partial charge is 0.459 e. The number of hydrogen-bond donors (Lipinski definition) is 3. The molecule has 7 nitrogen and oxygen atoms in total. The molecule has 2 unspecified atom stereocenters. The molecule has 1 amide bonds. The molecule has 0 saturated heterocycles. The van der Waals surface area contributed by atoms with E-state index in [0.717, 1.165) is 25.8 Å². The highest BCUT2D eigenvalue weighted by atomic mass is 16.6. The van der Waals surface area contributed by atoms with Crippen LogP contribution in [-0.4, -0.2) is 67.3 Å². The molecule has 152 valence electrons. The van der Waals surface area contributed by atoms with Gasteiger partial charge in [-0.05, 0) is 32.9 Å². The fraction of sp³-hybridized carbons (Fsp3) is 0.789. The van der Waals surface area contributed by atoms with Gasteiger partial charge in [0.05, 0.1) is 12.6 Å². The highest BCUT2D eigenvalue weighted by Gasteiger charge is 2.22. The maximum absolute atomic E-state index is 12.0. The molecule has 0 saturated carbocycles. The predicted molar refractivity (Wildman–Crippen MR) is 104 cm³/mol. The fourth-order valence-electron chi connectivity index (χ4n) is 2.33. The molecule has 0 rings (SSSR count). The molecule has 0 aliphatic carbocycles. The van der Waals surface area contributed by atoms with Crippen LogP contribution in [0, 0.1) is 0 Å². The first-order chi connectivity index (χ1) is 12.4. The van der Waals surface area contributed by atoms with E-state index in [1.54, 1.807) is 12.2 Å². The van der Waals surface area contributed by atoms with Gasteiger partial charge in [0.15, 0.2) is 0 Å². The van der Waals surface area contributed by atoms with Crippen molar-refractivity contribution in [1.82, 2.24) is 10.2 Å². The number of aliphatic hydroxyl groups excluding tert-OH is 1. The number of aliphatic hydroxyl groups is 1. The zero-order valence-electron chi connectivity index (χ0n) is 16.6. The summed E-state index contributed by atoms with van der Waals surface area (Å²) in [7, 11) is 1.85. The number of esters is 1. The topological polar surface area (TPSA) is 105 Å². The second-order valence-electron chi connectivity index (χ2n) is 6.47. The standard InChI is InChI=1S/C19H37N3O4/c1-4-6-7-11-17(26-19(25)15-22(3)5-2)16(23)10-8-9-12-18(24)21-14-13-20/h8-9,16-17,23H,4-7,10-15,20H2,1-3H3,(H,21,24). The molecule has 0 aliphatic rings. The molecule has 2 atom stereocenters. The predicted octanol–water partition coefficient (Wildman–Crippen LogP) is 1.20. The minimum Gasteiger partial charge on any atom is -0.459 e. The second-order valence-corrected chi connectivity index (χ2v) is 6.47. The number of nitrogens with one attached hydrogen (secondary N) is 1. The van der Waals surface area contributed by atoms with Gasteiger partial charge in [0.1, 0.15) is 6.10 Å². The minimum absolute atomic E-state index is 0.102. The summed E-state index contributed by atoms with van der Waals surface area (Å²) >= 11 is 0. The van der Waals surface area contributed by atoms with Gasteiger partial charge in [0.25, 0.3) is 0 Å². The lowest BCUT2D eigenvalue weighted by Crippen LogP contribution is -2.35. The van der Waals surface area contributed by atoms with Crippen molar-refractivity contribution in [3.05, 3.63) is 12.2 Å². The van der Waals surface area contributed by atoms with Crippen molar-refractivity contribution in [2.75, 3.05) is 33.2 Å². The molecule has 0 spiro atoms. The van der Waals surface area contributed by atoms with Crippen LogP contribution < -0.4 is 11.1 Å². The summed E-state index contributed by atoms with van der Waals surface area (Å²) in [4.78, 5) is 25.4. The summed E-state index contributed by atoms with van der Waals surface area (Å²) < 4.78 is 5.50. The molecular weight excluding hydrogens is 334 g/mol. The van der Waals surface area contributed by atoms with Crippen LogP contribution in [0.4, 0.5) is 0 Å². The Hall–Kier alpha value is -1.44. The van der Waals surface area contributed by atoms with Crippen molar-refractivity contribution in [2.24, 2.45) is 5.73 Å². The number of ether oxygens (including phenoxy) is 1. The van der Waals surface area contributed by atoms with E-state index in [4.69, 9.17) is 10.5 Å². The number of hydrogen-bond acceptors (Lipinski definition) is 6. The van der Waals surface area contributed by atoms with Crippen molar-refractivity contribution >= 4 is 11.9 Å². The third-order valence-electron chi connectivity index (χ3n) is 4.06. The Balaban J connectivity index is 4.46. The third-order valence-corrected chi connectivity index (χ3v) is 4.06. The molecule has 0 fully saturated rings. The van der Waals surface area contributed by atoms with E-state index in [-0.39, 0.29) is 24.8 Å². The SMILES string of the molecule is CCCCCC(OC(=O)CN(C)CC)C(O)CC=CCC(=O)NCCN. The van der Waals surface area contributed by atoms with Crippen molar-refractivity contribution in [1.29, 1.82) is 0 Å². The third kappa shape index (κ3) is 12.9. The molecular formula is C19H37N3O4. The van der Waals surface area contributed by atoms with Crippen molar-refractivity contribution in [3.63, 3.8) is 0 Å². The first-order valence-corrected chi connectivity index (χ1v) is 9.62. The number of amides is 1. The summed E-state index contributed by atoms with van der Waals surface area (Å²) in [5, 5.41) is 13.1. The van der Waals surface area contributed by atoms with Gasteiger partial charge < -0.3 is 20.9 Å². The molecule has 26 heavy (non-hydrogen) atoms. The van der Waals surface area contributed by atoms with Crippen LogP contribution in [0.1, 0.15) is 52.4 Å². The van der Waals surface area contributed by atoms with Crippen LogP contribution in [-0.2, 0) is 14.3 Å². The van der Waals surface area contributed by atoms with Gasteiger partial charge in [-0.1, -0.05) is 38.8 Å². The lowest BCUT2D eigenvalue weighted by atomic mass is 10.0. The van der Waals surface area contributed by atoms with Gasteiger partial charge in [-0.2, -0.15) is 0 Å². The van der Waals surface area contributed by atoms with E-state index < -0.39 is 12.2 Å². The van der Waals surface area contributed by atoms with Crippen molar-refractivity contribution < 1.29 is 19.4 Å².